The molecule has 13 nitrogen and oxygen atoms in total. The van der Waals surface area contributed by atoms with Crippen LogP contribution in [0.4, 0.5) is 4.48 Å². The lowest BCUT2D eigenvalue weighted by Gasteiger charge is -1.68. The van der Waals surface area contributed by atoms with E-state index < -0.39 is 0 Å². The Bertz CT molecular complexity index is 246. The summed E-state index contributed by atoms with van der Waals surface area (Å²) in [6.45, 7) is 0. The summed E-state index contributed by atoms with van der Waals surface area (Å²) in [5.74, 6) is 4.55. The van der Waals surface area contributed by atoms with Gasteiger partial charge in [0.15, 0.2) is 0 Å². The van der Waals surface area contributed by atoms with Crippen LogP contribution in [-0.2, 0) is 0 Å². The van der Waals surface area contributed by atoms with Crippen molar-refractivity contribution in [2.45, 2.75) is 0 Å². The average Bonchev–Trinajstić information content (AvgIpc) is 2.21. The van der Waals surface area contributed by atoms with Gasteiger partial charge in [0.2, 0.25) is 0 Å². The first-order chi connectivity index (χ1) is 6.91. The summed E-state index contributed by atoms with van der Waals surface area (Å²) in [5, 5.41) is 32.6. The van der Waals surface area contributed by atoms with Crippen molar-refractivity contribution in [2.75, 3.05) is 0 Å². The van der Waals surface area contributed by atoms with E-state index in [0.29, 0.717) is 0 Å². The van der Waals surface area contributed by atoms with Gasteiger partial charge in [0.1, 0.15) is 0 Å². The Labute approximate surface area is 74.3 Å². The zero-order valence-electron chi connectivity index (χ0n) is 6.32. The molecule has 0 heterocycles. The average molecular weight is 203 g/mol. The molecule has 0 atom stereocenters. The van der Waals surface area contributed by atoms with Crippen molar-refractivity contribution < 1.29 is 4.48 Å². The van der Waals surface area contributed by atoms with Crippen LogP contribution >= 0.6 is 0 Å². The van der Waals surface area contributed by atoms with Crippen LogP contribution < -0.4 is 5.84 Å². The van der Waals surface area contributed by atoms with E-state index in [0.717, 1.165) is 0 Å². The Balaban J connectivity index is 3.70. The molecule has 0 aromatic carbocycles. The fraction of sp³-hybridized carbons (Fsp3) is 0. The summed E-state index contributed by atoms with van der Waals surface area (Å²) in [5.41, 5.74) is 0. The van der Waals surface area contributed by atoms with Gasteiger partial charge in [0.05, 0.1) is 0 Å². The van der Waals surface area contributed by atoms with E-state index in [1.165, 1.54) is 0 Å². The molecule has 0 aliphatic rings. The molecule has 0 aliphatic heterocycles. The highest BCUT2D eigenvalue weighted by atomic mass is 19.2. The molecule has 0 amide bonds. The van der Waals surface area contributed by atoms with E-state index in [4.69, 9.17) is 0 Å². The SMILES string of the molecule is N/N=N/N=N/N=N/N=N/N=N/N=N/F. The lowest BCUT2D eigenvalue weighted by molar-refractivity contribution is 0.474. The van der Waals surface area contributed by atoms with Crippen molar-refractivity contribution in [2.24, 2.45) is 68.6 Å². The topological polar surface area (TPSA) is 174 Å². The van der Waals surface area contributed by atoms with Crippen molar-refractivity contribution in [3.63, 3.8) is 0 Å². The minimum absolute atomic E-state index is 1.74. The molecule has 0 fully saturated rings. The molecule has 0 aromatic heterocycles. The largest absolute Gasteiger partial charge is 0.303 e. The van der Waals surface area contributed by atoms with Gasteiger partial charge in [-0.15, -0.1) is 0 Å². The van der Waals surface area contributed by atoms with Crippen LogP contribution in [0.15, 0.2) is 62.8 Å². The summed E-state index contributed by atoms with van der Waals surface area (Å²) >= 11 is 0. The van der Waals surface area contributed by atoms with Gasteiger partial charge in [-0.1, -0.05) is 9.70 Å². The first-order valence-electron chi connectivity index (χ1n) is 2.63. The summed E-state index contributed by atoms with van der Waals surface area (Å²) in [7, 11) is 0. The first kappa shape index (κ1) is 11.3. The number of nitrogens with two attached hydrogens (primary N) is 1. The van der Waals surface area contributed by atoms with E-state index in [1.807, 2.05) is 0 Å². The van der Waals surface area contributed by atoms with Crippen LogP contribution in [0, 0.1) is 0 Å². The Morgan fingerprint density at radius 3 is 1.29 bits per heavy atom. The molecule has 0 unspecified atom stereocenters. The minimum Gasteiger partial charge on any atom is -0.303 e. The molecule has 0 bridgehead atoms. The predicted molar refractivity (Wildman–Crippen MR) is 34.4 cm³/mol. The van der Waals surface area contributed by atoms with Crippen LogP contribution in [0.1, 0.15) is 0 Å². The molecular formula is H2FN13. The van der Waals surface area contributed by atoms with Gasteiger partial charge in [-0.05, 0) is 26.1 Å². The minimum atomic E-state index is 1.74. The molecule has 14 heavy (non-hydrogen) atoms. The Kier molecular flexibility index (Phi) is 8.36. The molecule has 0 spiro atoms. The standard InChI is InChI=1S/FH2N13/c1-3-5-7-9-11-13-14-12-10-8-6-4-2/h(H2,2,3,6,7,10,11,14). The monoisotopic (exact) mass is 203 g/mol. The Hall–Kier alpha value is -2.67. The molecule has 0 saturated carbocycles. The second-order valence-corrected chi connectivity index (χ2v) is 1.09. The highest BCUT2D eigenvalue weighted by Gasteiger charge is 1.68. The van der Waals surface area contributed by atoms with Gasteiger partial charge < -0.3 is 5.84 Å². The van der Waals surface area contributed by atoms with Crippen LogP contribution in [0.5, 0.6) is 0 Å². The number of hydrogen-bond donors (Lipinski definition) is 1. The van der Waals surface area contributed by atoms with E-state index in [9.17, 15) is 4.48 Å². The van der Waals surface area contributed by atoms with Crippen LogP contribution in [0.25, 0.3) is 0 Å². The van der Waals surface area contributed by atoms with Crippen molar-refractivity contribution in [3.8, 4) is 0 Å². The van der Waals surface area contributed by atoms with Crippen LogP contribution in [-0.4, -0.2) is 0 Å². The van der Waals surface area contributed by atoms with E-state index >= 15 is 0 Å². The second kappa shape index (κ2) is 10.3. The number of nitrogens with zero attached hydrogens (tertiary/aromatic N) is 12. The highest BCUT2D eigenvalue weighted by Crippen LogP contribution is 1.86. The van der Waals surface area contributed by atoms with Crippen molar-refractivity contribution in [1.82, 2.24) is 0 Å². The zero-order chi connectivity index (χ0) is 10.5. The lowest BCUT2D eigenvalue weighted by Crippen LogP contribution is -1.70. The molecule has 0 aliphatic carbocycles. The smallest absolute Gasteiger partial charge is 0.0435 e. The van der Waals surface area contributed by atoms with Crippen molar-refractivity contribution in [3.05, 3.63) is 0 Å². The number of halogens is 1. The maximum atomic E-state index is 10.9. The normalized spacial score (nSPS) is 14.1. The Morgan fingerprint density at radius 1 is 0.571 bits per heavy atom. The third-order valence-corrected chi connectivity index (χ3v) is 0.445. The van der Waals surface area contributed by atoms with Gasteiger partial charge in [0.25, 0.3) is 0 Å². The van der Waals surface area contributed by atoms with Gasteiger partial charge in [-0.2, -0.15) is 0 Å². The molecular weight excluding hydrogens is 201 g/mol. The van der Waals surface area contributed by atoms with Crippen LogP contribution in [0.2, 0.25) is 0 Å². The molecule has 0 rings (SSSR count). The van der Waals surface area contributed by atoms with E-state index in [1.54, 1.807) is 5.34 Å². The number of rotatable bonds is 5. The third kappa shape index (κ3) is 9.33. The zero-order valence-corrected chi connectivity index (χ0v) is 6.32. The van der Waals surface area contributed by atoms with E-state index in [2.05, 4.69) is 63.3 Å². The first-order valence-corrected chi connectivity index (χ1v) is 2.63. The molecule has 0 aromatic rings. The quantitative estimate of drug-likeness (QED) is 0.401. The summed E-state index contributed by atoms with van der Waals surface area (Å²) in [6.07, 6.45) is 0. The Morgan fingerprint density at radius 2 is 0.929 bits per heavy atom. The molecule has 74 valence electrons. The van der Waals surface area contributed by atoms with Gasteiger partial charge in [-0.25, -0.2) is 0 Å². The van der Waals surface area contributed by atoms with Crippen LogP contribution in [0.3, 0.4) is 0 Å². The maximum Gasteiger partial charge on any atom is 0.0435 e. The predicted octanol–water partition coefficient (Wildman–Crippen LogP) is 2.03. The number of hydrogen-bond acceptors (Lipinski definition) is 2. The molecule has 0 saturated heterocycles. The highest BCUT2D eigenvalue weighted by molar-refractivity contribution is 4.10. The molecule has 2 N–H and O–H groups in total. The molecule has 14 heteroatoms. The van der Waals surface area contributed by atoms with Crippen molar-refractivity contribution in [1.29, 1.82) is 0 Å². The van der Waals surface area contributed by atoms with Gasteiger partial charge in [0, 0.05) is 31.5 Å². The summed E-state index contributed by atoms with van der Waals surface area (Å²) < 4.78 is 10.9. The van der Waals surface area contributed by atoms with Gasteiger partial charge >= 0.3 is 0 Å². The fourth-order valence-corrected chi connectivity index (χ4v) is 0.181. The fourth-order valence-electron chi connectivity index (χ4n) is 0.181. The van der Waals surface area contributed by atoms with Gasteiger partial charge in [-0.3, -0.25) is 0 Å². The summed E-state index contributed by atoms with van der Waals surface area (Å²) in [6, 6.07) is 0. The lowest BCUT2D eigenvalue weighted by atomic mass is 12.3. The molecule has 0 radical (unpaired) electrons. The summed E-state index contributed by atoms with van der Waals surface area (Å²) in [4.78, 5) is 0. The maximum absolute atomic E-state index is 10.9. The van der Waals surface area contributed by atoms with Crippen molar-refractivity contribution >= 4 is 0 Å². The second-order valence-electron chi connectivity index (χ2n) is 1.09. The third-order valence-electron chi connectivity index (χ3n) is 0.445. The van der Waals surface area contributed by atoms with E-state index in [-0.39, 0.29) is 0 Å².